The number of hydrogen-bond acceptors (Lipinski definition) is 3. The summed E-state index contributed by atoms with van der Waals surface area (Å²) in [5, 5.41) is 14.4. The van der Waals surface area contributed by atoms with Gasteiger partial charge >= 0.3 is 5.97 Å². The molecule has 2 rings (SSSR count). The van der Waals surface area contributed by atoms with Gasteiger partial charge in [-0.1, -0.05) is 56.0 Å². The molecule has 1 fully saturated rings. The maximum atomic E-state index is 12.2. The first kappa shape index (κ1) is 19.9. The molecule has 6 heteroatoms. The Hall–Kier alpha value is -2.37. The molecule has 0 aromatic heterocycles. The third kappa shape index (κ3) is 7.25. The molecular formula is C20H28N2O4. The average molecular weight is 360 g/mol. The molecule has 1 aromatic carbocycles. The van der Waals surface area contributed by atoms with Gasteiger partial charge in [0.25, 0.3) is 0 Å². The molecule has 1 saturated carbocycles. The van der Waals surface area contributed by atoms with Crippen molar-refractivity contribution in [3.05, 3.63) is 35.9 Å². The van der Waals surface area contributed by atoms with Gasteiger partial charge in [-0.05, 0) is 24.3 Å². The summed E-state index contributed by atoms with van der Waals surface area (Å²) < 4.78 is 0. The Balaban J connectivity index is 1.76. The molecular weight excluding hydrogens is 332 g/mol. The molecule has 1 aliphatic carbocycles. The number of carboxylic acids is 1. The molecule has 3 N–H and O–H groups in total. The third-order valence-corrected chi connectivity index (χ3v) is 4.88. The highest BCUT2D eigenvalue weighted by Gasteiger charge is 2.18. The van der Waals surface area contributed by atoms with Gasteiger partial charge in [-0.15, -0.1) is 0 Å². The van der Waals surface area contributed by atoms with Crippen molar-refractivity contribution in [2.24, 2.45) is 5.92 Å². The van der Waals surface area contributed by atoms with Crippen LogP contribution < -0.4 is 10.6 Å². The summed E-state index contributed by atoms with van der Waals surface area (Å²) in [6.07, 6.45) is 6.54. The summed E-state index contributed by atoms with van der Waals surface area (Å²) in [5.74, 6) is -0.666. The number of amides is 2. The van der Waals surface area contributed by atoms with E-state index in [-0.39, 0.29) is 30.8 Å². The minimum Gasteiger partial charge on any atom is -0.481 e. The molecule has 2 amide bonds. The number of carboxylic acid groups (broad SMARTS) is 1. The van der Waals surface area contributed by atoms with Crippen molar-refractivity contribution in [2.45, 2.75) is 57.4 Å². The average Bonchev–Trinajstić information content (AvgIpc) is 3.16. The van der Waals surface area contributed by atoms with Crippen LogP contribution in [0.1, 0.15) is 63.0 Å². The maximum absolute atomic E-state index is 12.2. The quantitative estimate of drug-likeness (QED) is 0.598. The monoisotopic (exact) mass is 360 g/mol. The zero-order valence-corrected chi connectivity index (χ0v) is 15.1. The number of hydrogen-bond donors (Lipinski definition) is 3. The van der Waals surface area contributed by atoms with Gasteiger partial charge in [-0.25, -0.2) is 0 Å². The van der Waals surface area contributed by atoms with E-state index in [1.165, 1.54) is 25.7 Å². The van der Waals surface area contributed by atoms with Crippen LogP contribution in [-0.2, 0) is 14.4 Å². The highest BCUT2D eigenvalue weighted by atomic mass is 16.4. The normalized spacial score (nSPS) is 15.4. The van der Waals surface area contributed by atoms with Gasteiger partial charge in [0.1, 0.15) is 0 Å². The predicted octanol–water partition coefficient (Wildman–Crippen LogP) is 2.80. The van der Waals surface area contributed by atoms with Crippen LogP contribution in [0.2, 0.25) is 0 Å². The fourth-order valence-corrected chi connectivity index (χ4v) is 3.42. The highest BCUT2D eigenvalue weighted by Crippen LogP contribution is 2.28. The van der Waals surface area contributed by atoms with Crippen LogP contribution in [-0.4, -0.2) is 29.4 Å². The molecule has 0 aliphatic heterocycles. The van der Waals surface area contributed by atoms with Gasteiger partial charge in [0, 0.05) is 12.8 Å². The van der Waals surface area contributed by atoms with Gasteiger partial charge < -0.3 is 15.7 Å². The van der Waals surface area contributed by atoms with Crippen LogP contribution in [0.15, 0.2) is 30.3 Å². The van der Waals surface area contributed by atoms with Gasteiger partial charge in [-0.3, -0.25) is 14.4 Å². The lowest BCUT2D eigenvalue weighted by Crippen LogP contribution is -2.38. The predicted molar refractivity (Wildman–Crippen MR) is 98.4 cm³/mol. The van der Waals surface area contributed by atoms with Gasteiger partial charge in [0.05, 0.1) is 12.6 Å². The molecule has 1 aromatic rings. The molecule has 1 unspecified atom stereocenters. The van der Waals surface area contributed by atoms with Gasteiger partial charge in [0.2, 0.25) is 11.8 Å². The van der Waals surface area contributed by atoms with Crippen molar-refractivity contribution < 1.29 is 19.5 Å². The molecule has 1 atom stereocenters. The van der Waals surface area contributed by atoms with E-state index in [9.17, 15) is 14.4 Å². The van der Waals surface area contributed by atoms with Crippen LogP contribution >= 0.6 is 0 Å². The maximum Gasteiger partial charge on any atom is 0.303 e. The van der Waals surface area contributed by atoms with E-state index < -0.39 is 5.97 Å². The van der Waals surface area contributed by atoms with Crippen LogP contribution in [0.25, 0.3) is 0 Å². The molecule has 1 aliphatic rings. The molecule has 6 nitrogen and oxygen atoms in total. The first-order chi connectivity index (χ1) is 12.5. The molecule has 0 heterocycles. The van der Waals surface area contributed by atoms with Crippen LogP contribution in [0.3, 0.4) is 0 Å². The van der Waals surface area contributed by atoms with E-state index >= 15 is 0 Å². The highest BCUT2D eigenvalue weighted by molar-refractivity contribution is 5.84. The minimum absolute atomic E-state index is 0.0341. The van der Waals surface area contributed by atoms with Crippen molar-refractivity contribution in [1.29, 1.82) is 0 Å². The molecule has 0 saturated heterocycles. The smallest absolute Gasteiger partial charge is 0.303 e. The second-order valence-corrected chi connectivity index (χ2v) is 6.93. The Morgan fingerprint density at radius 2 is 1.73 bits per heavy atom. The third-order valence-electron chi connectivity index (χ3n) is 4.88. The lowest BCUT2D eigenvalue weighted by atomic mass is 10.0. The van der Waals surface area contributed by atoms with Crippen molar-refractivity contribution in [3.63, 3.8) is 0 Å². The molecule has 142 valence electrons. The van der Waals surface area contributed by atoms with E-state index in [0.717, 1.165) is 12.0 Å². The molecule has 0 bridgehead atoms. The summed E-state index contributed by atoms with van der Waals surface area (Å²) in [6.45, 7) is -0.0834. The first-order valence-corrected chi connectivity index (χ1v) is 9.37. The Morgan fingerprint density at radius 1 is 1.04 bits per heavy atom. The van der Waals surface area contributed by atoms with Crippen molar-refractivity contribution in [3.8, 4) is 0 Å². The molecule has 0 radical (unpaired) electrons. The first-order valence-electron chi connectivity index (χ1n) is 9.37. The zero-order chi connectivity index (χ0) is 18.8. The van der Waals surface area contributed by atoms with Crippen molar-refractivity contribution in [1.82, 2.24) is 10.6 Å². The summed E-state index contributed by atoms with van der Waals surface area (Å²) in [4.78, 5) is 34.9. The Kier molecular flexibility index (Phi) is 8.12. The fraction of sp³-hybridized carbons (Fsp3) is 0.550. The molecule has 0 spiro atoms. The number of carbonyl (C=O) groups is 3. The largest absolute Gasteiger partial charge is 0.481 e. The number of aliphatic carboxylic acids is 1. The lowest BCUT2D eigenvalue weighted by molar-refractivity contribution is -0.137. The number of carbonyl (C=O) groups excluding carboxylic acids is 2. The minimum atomic E-state index is -0.902. The zero-order valence-electron chi connectivity index (χ0n) is 15.1. The van der Waals surface area contributed by atoms with Crippen molar-refractivity contribution >= 4 is 17.8 Å². The summed E-state index contributed by atoms with van der Waals surface area (Å²) in [5.41, 5.74) is 0.856. The van der Waals surface area contributed by atoms with Crippen LogP contribution in [0.5, 0.6) is 0 Å². The number of nitrogens with one attached hydrogen (secondary N) is 2. The van der Waals surface area contributed by atoms with Crippen LogP contribution in [0, 0.1) is 5.92 Å². The summed E-state index contributed by atoms with van der Waals surface area (Å²) in [6, 6.07) is 8.89. The number of benzene rings is 1. The lowest BCUT2D eigenvalue weighted by Gasteiger charge is -2.19. The Morgan fingerprint density at radius 3 is 2.38 bits per heavy atom. The van der Waals surface area contributed by atoms with E-state index in [2.05, 4.69) is 10.6 Å². The van der Waals surface area contributed by atoms with Gasteiger partial charge in [-0.2, -0.15) is 0 Å². The van der Waals surface area contributed by atoms with Crippen molar-refractivity contribution in [2.75, 3.05) is 6.54 Å². The van der Waals surface area contributed by atoms with E-state index in [0.29, 0.717) is 18.8 Å². The topological polar surface area (TPSA) is 95.5 Å². The van der Waals surface area contributed by atoms with E-state index in [4.69, 9.17) is 5.11 Å². The second-order valence-electron chi connectivity index (χ2n) is 6.93. The standard InChI is InChI=1S/C20H28N2O4/c23-18(12-10-15-6-4-5-7-15)21-14-19(24)22-17(11-13-20(25)26)16-8-2-1-3-9-16/h1-3,8-9,15,17H,4-7,10-14H2,(H,21,23)(H,22,24)(H,25,26). The van der Waals surface area contributed by atoms with Crippen LogP contribution in [0.4, 0.5) is 0 Å². The molecule has 26 heavy (non-hydrogen) atoms. The van der Waals surface area contributed by atoms with E-state index in [1.807, 2.05) is 30.3 Å². The summed E-state index contributed by atoms with van der Waals surface area (Å²) in [7, 11) is 0. The Labute approximate surface area is 154 Å². The number of rotatable bonds is 10. The second kappa shape index (κ2) is 10.6. The fourth-order valence-electron chi connectivity index (χ4n) is 3.42. The Bertz CT molecular complexity index is 597. The van der Waals surface area contributed by atoms with E-state index in [1.54, 1.807) is 0 Å². The van der Waals surface area contributed by atoms with Gasteiger partial charge in [0.15, 0.2) is 0 Å². The summed E-state index contributed by atoms with van der Waals surface area (Å²) >= 11 is 0. The SMILES string of the molecule is O=C(O)CCC(NC(=O)CNC(=O)CCC1CCCC1)c1ccccc1.